The van der Waals surface area contributed by atoms with Gasteiger partial charge in [-0.1, -0.05) is 24.3 Å². The molecule has 2 amide bonds. The van der Waals surface area contributed by atoms with Gasteiger partial charge in [0.2, 0.25) is 0 Å². The first-order chi connectivity index (χ1) is 17.1. The van der Waals surface area contributed by atoms with E-state index in [1.807, 2.05) is 42.5 Å². The summed E-state index contributed by atoms with van der Waals surface area (Å²) in [7, 11) is 3.16. The fourth-order valence-corrected chi connectivity index (χ4v) is 3.94. The summed E-state index contributed by atoms with van der Waals surface area (Å²) in [6.07, 6.45) is 2.03. The SMILES string of the molecule is COc1ccc(-c2cc(C(=O)Nc3cccc(C(=O)NC4CC4)c3)c3ccccc3n2)cc1OC. The van der Waals surface area contributed by atoms with Crippen molar-refractivity contribution in [2.24, 2.45) is 0 Å². The van der Waals surface area contributed by atoms with E-state index >= 15 is 0 Å². The Morgan fingerprint density at radius 1 is 0.857 bits per heavy atom. The molecule has 0 atom stereocenters. The molecule has 1 fully saturated rings. The lowest BCUT2D eigenvalue weighted by Crippen LogP contribution is -2.25. The van der Waals surface area contributed by atoms with Crippen LogP contribution in [0.15, 0.2) is 72.8 Å². The second-order valence-corrected chi connectivity index (χ2v) is 8.42. The number of rotatable bonds is 7. The van der Waals surface area contributed by atoms with Gasteiger partial charge in [0.05, 0.1) is 31.0 Å². The minimum Gasteiger partial charge on any atom is -0.493 e. The maximum atomic E-state index is 13.4. The average Bonchev–Trinajstić information content (AvgIpc) is 3.71. The van der Waals surface area contributed by atoms with Crippen LogP contribution in [0.25, 0.3) is 22.2 Å². The van der Waals surface area contributed by atoms with E-state index in [4.69, 9.17) is 14.5 Å². The molecule has 0 spiro atoms. The molecule has 0 bridgehead atoms. The van der Waals surface area contributed by atoms with Crippen molar-refractivity contribution in [2.75, 3.05) is 19.5 Å². The highest BCUT2D eigenvalue weighted by atomic mass is 16.5. The quantitative estimate of drug-likeness (QED) is 0.396. The minimum atomic E-state index is -0.287. The number of carbonyl (C=O) groups excluding carboxylic acids is 2. The fraction of sp³-hybridized carbons (Fsp3) is 0.179. The highest BCUT2D eigenvalue weighted by Gasteiger charge is 2.24. The number of methoxy groups -OCH3 is 2. The topological polar surface area (TPSA) is 89.5 Å². The Hall–Kier alpha value is -4.39. The highest BCUT2D eigenvalue weighted by molar-refractivity contribution is 6.13. The smallest absolute Gasteiger partial charge is 0.256 e. The normalized spacial score (nSPS) is 12.7. The van der Waals surface area contributed by atoms with Gasteiger partial charge >= 0.3 is 0 Å². The third-order valence-electron chi connectivity index (χ3n) is 5.94. The number of anilines is 1. The van der Waals surface area contributed by atoms with Crippen LogP contribution in [0.4, 0.5) is 5.69 Å². The number of nitrogens with one attached hydrogen (secondary N) is 2. The largest absolute Gasteiger partial charge is 0.493 e. The van der Waals surface area contributed by atoms with Crippen LogP contribution in [0.1, 0.15) is 33.6 Å². The minimum absolute atomic E-state index is 0.131. The molecule has 4 aromatic rings. The molecular formula is C28H25N3O4. The predicted octanol–water partition coefficient (Wildman–Crippen LogP) is 5.06. The number of nitrogens with zero attached hydrogens (tertiary/aromatic N) is 1. The van der Waals surface area contributed by atoms with Crippen LogP contribution in [0, 0.1) is 0 Å². The highest BCUT2D eigenvalue weighted by Crippen LogP contribution is 2.33. The van der Waals surface area contributed by atoms with Gasteiger partial charge in [-0.25, -0.2) is 4.98 Å². The summed E-state index contributed by atoms with van der Waals surface area (Å²) in [5.74, 6) is 0.770. The number of para-hydroxylation sites is 1. The van der Waals surface area contributed by atoms with E-state index in [-0.39, 0.29) is 17.9 Å². The summed E-state index contributed by atoms with van der Waals surface area (Å²) in [6.45, 7) is 0. The molecule has 1 heterocycles. The third-order valence-corrected chi connectivity index (χ3v) is 5.94. The second-order valence-electron chi connectivity index (χ2n) is 8.42. The molecule has 1 aliphatic carbocycles. The molecular weight excluding hydrogens is 442 g/mol. The van der Waals surface area contributed by atoms with Gasteiger partial charge < -0.3 is 20.1 Å². The molecule has 35 heavy (non-hydrogen) atoms. The van der Waals surface area contributed by atoms with Gasteiger partial charge in [0, 0.05) is 28.2 Å². The third kappa shape index (κ3) is 4.80. The van der Waals surface area contributed by atoms with Crippen molar-refractivity contribution >= 4 is 28.4 Å². The Labute approximate surface area is 203 Å². The zero-order valence-electron chi connectivity index (χ0n) is 19.5. The summed E-state index contributed by atoms with van der Waals surface area (Å²) in [6, 6.07) is 22.0. The van der Waals surface area contributed by atoms with Gasteiger partial charge in [-0.15, -0.1) is 0 Å². The van der Waals surface area contributed by atoms with Crippen LogP contribution in [0.2, 0.25) is 0 Å². The zero-order valence-corrected chi connectivity index (χ0v) is 19.5. The average molecular weight is 468 g/mol. The van der Waals surface area contributed by atoms with Crippen molar-refractivity contribution in [3.63, 3.8) is 0 Å². The number of hydrogen-bond acceptors (Lipinski definition) is 5. The van der Waals surface area contributed by atoms with E-state index in [9.17, 15) is 9.59 Å². The number of carbonyl (C=O) groups is 2. The van der Waals surface area contributed by atoms with Crippen molar-refractivity contribution in [3.05, 3.63) is 83.9 Å². The molecule has 5 rings (SSSR count). The van der Waals surface area contributed by atoms with Crippen LogP contribution in [0.3, 0.4) is 0 Å². The first-order valence-corrected chi connectivity index (χ1v) is 11.4. The van der Waals surface area contributed by atoms with Gasteiger partial charge in [-0.3, -0.25) is 9.59 Å². The van der Waals surface area contributed by atoms with E-state index in [1.165, 1.54) is 0 Å². The van der Waals surface area contributed by atoms with Crippen LogP contribution in [-0.4, -0.2) is 37.1 Å². The molecule has 176 valence electrons. The van der Waals surface area contributed by atoms with Gasteiger partial charge in [0.15, 0.2) is 11.5 Å². The number of amides is 2. The summed E-state index contributed by atoms with van der Waals surface area (Å²) >= 11 is 0. The molecule has 0 aliphatic heterocycles. The van der Waals surface area contributed by atoms with Gasteiger partial charge in [0.25, 0.3) is 11.8 Å². The lowest BCUT2D eigenvalue weighted by atomic mass is 10.0. The first-order valence-electron chi connectivity index (χ1n) is 11.4. The first kappa shape index (κ1) is 22.4. The standard InChI is InChI=1S/C28H25N3O4/c1-34-25-13-10-17(15-26(25)35-2)24-16-22(21-8-3-4-9-23(21)31-24)28(33)30-20-7-5-6-18(14-20)27(32)29-19-11-12-19/h3-10,13-16,19H,11-12H2,1-2H3,(H,29,32)(H,30,33). The Morgan fingerprint density at radius 2 is 1.66 bits per heavy atom. The Morgan fingerprint density at radius 3 is 2.43 bits per heavy atom. The van der Waals surface area contributed by atoms with E-state index in [0.29, 0.717) is 39.5 Å². The molecule has 0 saturated heterocycles. The number of benzene rings is 3. The van der Waals surface area contributed by atoms with E-state index in [1.54, 1.807) is 44.6 Å². The van der Waals surface area contributed by atoms with Gasteiger partial charge in [-0.2, -0.15) is 0 Å². The van der Waals surface area contributed by atoms with Crippen molar-refractivity contribution in [3.8, 4) is 22.8 Å². The van der Waals surface area contributed by atoms with E-state index in [2.05, 4.69) is 10.6 Å². The molecule has 1 saturated carbocycles. The Bertz CT molecular complexity index is 1430. The summed E-state index contributed by atoms with van der Waals surface area (Å²) in [5.41, 5.74) is 3.66. The molecule has 0 unspecified atom stereocenters. The second kappa shape index (κ2) is 9.46. The van der Waals surface area contributed by atoms with Gasteiger partial charge in [-0.05, 0) is 61.4 Å². The van der Waals surface area contributed by atoms with Crippen LogP contribution >= 0.6 is 0 Å². The van der Waals surface area contributed by atoms with E-state index in [0.717, 1.165) is 23.8 Å². The Kier molecular flexibility index (Phi) is 6.06. The molecule has 1 aliphatic rings. The van der Waals surface area contributed by atoms with Gasteiger partial charge in [0.1, 0.15) is 0 Å². The fourth-order valence-electron chi connectivity index (χ4n) is 3.94. The maximum Gasteiger partial charge on any atom is 0.256 e. The number of ether oxygens (including phenoxy) is 2. The van der Waals surface area contributed by atoms with Crippen molar-refractivity contribution in [1.29, 1.82) is 0 Å². The summed E-state index contributed by atoms with van der Waals surface area (Å²) in [4.78, 5) is 30.6. The van der Waals surface area contributed by atoms with Crippen LogP contribution in [-0.2, 0) is 0 Å². The molecule has 0 radical (unpaired) electrons. The predicted molar refractivity (Wildman–Crippen MR) is 135 cm³/mol. The van der Waals surface area contributed by atoms with Crippen LogP contribution < -0.4 is 20.1 Å². The molecule has 1 aromatic heterocycles. The number of hydrogen-bond donors (Lipinski definition) is 2. The number of pyridine rings is 1. The molecule has 7 nitrogen and oxygen atoms in total. The molecule has 7 heteroatoms. The van der Waals surface area contributed by atoms with Crippen molar-refractivity contribution in [1.82, 2.24) is 10.3 Å². The van der Waals surface area contributed by atoms with Crippen LogP contribution in [0.5, 0.6) is 11.5 Å². The van der Waals surface area contributed by atoms with E-state index < -0.39 is 0 Å². The maximum absolute atomic E-state index is 13.4. The number of aromatic nitrogens is 1. The van der Waals surface area contributed by atoms with Crippen molar-refractivity contribution in [2.45, 2.75) is 18.9 Å². The number of fused-ring (bicyclic) bond motifs is 1. The summed E-state index contributed by atoms with van der Waals surface area (Å²) in [5, 5.41) is 6.65. The lowest BCUT2D eigenvalue weighted by Gasteiger charge is -2.13. The lowest BCUT2D eigenvalue weighted by molar-refractivity contribution is 0.0949. The monoisotopic (exact) mass is 467 g/mol. The molecule has 2 N–H and O–H groups in total. The molecule has 3 aromatic carbocycles. The summed E-state index contributed by atoms with van der Waals surface area (Å²) < 4.78 is 10.8. The Balaban J connectivity index is 1.49. The van der Waals surface area contributed by atoms with Crippen molar-refractivity contribution < 1.29 is 19.1 Å². The zero-order chi connectivity index (χ0) is 24.4.